The summed E-state index contributed by atoms with van der Waals surface area (Å²) in [6.07, 6.45) is 1.87. The Morgan fingerprint density at radius 1 is 1.16 bits per heavy atom. The average molecular weight is 362 g/mol. The Morgan fingerprint density at radius 2 is 1.88 bits per heavy atom. The molecule has 2 aliphatic heterocycles. The third-order valence-electron chi connectivity index (χ3n) is 5.10. The van der Waals surface area contributed by atoms with Gasteiger partial charge in [0.05, 0.1) is 12.6 Å². The number of amides is 1. The van der Waals surface area contributed by atoms with Crippen LogP contribution in [0.5, 0.6) is 0 Å². The number of nitrogens with one attached hydrogen (secondary N) is 1. The molecular formula is C18H24ClN5O. The first-order chi connectivity index (χ1) is 11.7. The molecule has 2 aromatic rings. The summed E-state index contributed by atoms with van der Waals surface area (Å²) in [6.45, 7) is 5.37. The zero-order valence-corrected chi connectivity index (χ0v) is 15.2. The second-order valence-corrected chi connectivity index (χ2v) is 6.61. The predicted octanol–water partition coefficient (Wildman–Crippen LogP) is 2.27. The summed E-state index contributed by atoms with van der Waals surface area (Å²) in [5.74, 6) is 2.06. The lowest BCUT2D eigenvalue weighted by Crippen LogP contribution is -2.46. The molecule has 1 N–H and O–H groups in total. The molecule has 1 atom stereocenters. The fourth-order valence-corrected chi connectivity index (χ4v) is 3.68. The van der Waals surface area contributed by atoms with Crippen LogP contribution in [0.1, 0.15) is 31.6 Å². The standard InChI is InChI=1S/C18H23N5O.ClH/c1-13-17-20-16(14-5-3-2-4-6-14)21-23(17)12-11-22(13)18(24)15-7-9-19-10-8-15;/h2-6,13,15,19H,7-12H2,1H3;1H/t13-;/m0./s1. The molecule has 0 radical (unpaired) electrons. The minimum atomic E-state index is -0.0221. The number of rotatable bonds is 2. The normalized spacial score (nSPS) is 20.7. The van der Waals surface area contributed by atoms with Crippen LogP contribution >= 0.6 is 12.4 Å². The van der Waals surface area contributed by atoms with Crippen molar-refractivity contribution in [3.05, 3.63) is 36.2 Å². The maximum Gasteiger partial charge on any atom is 0.226 e. The molecule has 6 nitrogen and oxygen atoms in total. The topological polar surface area (TPSA) is 63.1 Å². The highest BCUT2D eigenvalue weighted by Crippen LogP contribution is 2.28. The van der Waals surface area contributed by atoms with Crippen LogP contribution in [0.3, 0.4) is 0 Å². The van der Waals surface area contributed by atoms with Crippen LogP contribution in [-0.4, -0.2) is 45.2 Å². The molecule has 1 saturated heterocycles. The van der Waals surface area contributed by atoms with Crippen molar-refractivity contribution < 1.29 is 4.79 Å². The predicted molar refractivity (Wildman–Crippen MR) is 98.4 cm³/mol. The van der Waals surface area contributed by atoms with E-state index in [-0.39, 0.29) is 30.3 Å². The van der Waals surface area contributed by atoms with Crippen molar-refractivity contribution in [1.82, 2.24) is 25.0 Å². The van der Waals surface area contributed by atoms with E-state index < -0.39 is 0 Å². The quantitative estimate of drug-likeness (QED) is 0.891. The molecular weight excluding hydrogens is 338 g/mol. The van der Waals surface area contributed by atoms with Crippen LogP contribution in [0.15, 0.2) is 30.3 Å². The maximum absolute atomic E-state index is 12.9. The largest absolute Gasteiger partial charge is 0.331 e. The zero-order chi connectivity index (χ0) is 16.5. The highest BCUT2D eigenvalue weighted by atomic mass is 35.5. The molecule has 0 aliphatic carbocycles. The number of nitrogens with zero attached hydrogens (tertiary/aromatic N) is 4. The number of halogens is 1. The molecule has 0 bridgehead atoms. The van der Waals surface area contributed by atoms with Crippen LogP contribution in [0.25, 0.3) is 11.4 Å². The van der Waals surface area contributed by atoms with E-state index in [0.717, 1.165) is 49.7 Å². The number of hydrogen-bond acceptors (Lipinski definition) is 4. The number of hydrogen-bond donors (Lipinski definition) is 1. The Morgan fingerprint density at radius 3 is 2.60 bits per heavy atom. The Balaban J connectivity index is 0.00000182. The Labute approximate surface area is 154 Å². The molecule has 0 spiro atoms. The molecule has 0 unspecified atom stereocenters. The molecule has 1 amide bonds. The van der Waals surface area contributed by atoms with E-state index in [9.17, 15) is 4.79 Å². The maximum atomic E-state index is 12.9. The molecule has 2 aliphatic rings. The smallest absolute Gasteiger partial charge is 0.226 e. The minimum absolute atomic E-state index is 0. The van der Waals surface area contributed by atoms with Crippen molar-refractivity contribution >= 4 is 18.3 Å². The highest BCUT2D eigenvalue weighted by molar-refractivity contribution is 5.85. The van der Waals surface area contributed by atoms with Crippen LogP contribution in [0, 0.1) is 5.92 Å². The number of piperidine rings is 1. The van der Waals surface area contributed by atoms with Crippen molar-refractivity contribution in [2.24, 2.45) is 5.92 Å². The monoisotopic (exact) mass is 361 g/mol. The van der Waals surface area contributed by atoms with E-state index in [1.54, 1.807) is 0 Å². The van der Waals surface area contributed by atoms with Gasteiger partial charge >= 0.3 is 0 Å². The summed E-state index contributed by atoms with van der Waals surface area (Å²) < 4.78 is 1.96. The highest BCUT2D eigenvalue weighted by Gasteiger charge is 2.34. The Kier molecular flexibility index (Phi) is 5.39. The molecule has 0 saturated carbocycles. The van der Waals surface area contributed by atoms with Gasteiger partial charge < -0.3 is 10.2 Å². The molecule has 3 heterocycles. The third kappa shape index (κ3) is 3.41. The molecule has 7 heteroatoms. The summed E-state index contributed by atoms with van der Waals surface area (Å²) in [7, 11) is 0. The van der Waals surface area contributed by atoms with Crippen molar-refractivity contribution in [3.8, 4) is 11.4 Å². The summed E-state index contributed by atoms with van der Waals surface area (Å²) in [5, 5.41) is 7.96. The van der Waals surface area contributed by atoms with E-state index in [2.05, 4.69) is 17.3 Å². The van der Waals surface area contributed by atoms with Gasteiger partial charge in [0, 0.05) is 18.0 Å². The second-order valence-electron chi connectivity index (χ2n) is 6.61. The molecule has 1 aromatic carbocycles. The molecule has 134 valence electrons. The number of carbonyl (C=O) groups excluding carboxylic acids is 1. The molecule has 1 fully saturated rings. The SMILES string of the molecule is C[C@H]1c2nc(-c3ccccc3)nn2CCN1C(=O)C1CCNCC1.Cl. The number of carbonyl (C=O) groups is 1. The second kappa shape index (κ2) is 7.54. The van der Waals surface area contributed by atoms with Gasteiger partial charge in [-0.3, -0.25) is 4.79 Å². The van der Waals surface area contributed by atoms with E-state index >= 15 is 0 Å². The Hall–Kier alpha value is -1.92. The first-order valence-corrected chi connectivity index (χ1v) is 8.75. The van der Waals surface area contributed by atoms with Crippen molar-refractivity contribution in [1.29, 1.82) is 0 Å². The summed E-state index contributed by atoms with van der Waals surface area (Å²) in [5.41, 5.74) is 1.02. The van der Waals surface area contributed by atoms with Crippen LogP contribution in [-0.2, 0) is 11.3 Å². The van der Waals surface area contributed by atoms with Crippen molar-refractivity contribution in [2.45, 2.75) is 32.4 Å². The van der Waals surface area contributed by atoms with Gasteiger partial charge in [-0.15, -0.1) is 12.4 Å². The van der Waals surface area contributed by atoms with Crippen molar-refractivity contribution in [3.63, 3.8) is 0 Å². The van der Waals surface area contributed by atoms with Gasteiger partial charge in [-0.05, 0) is 32.9 Å². The summed E-state index contributed by atoms with van der Waals surface area (Å²) >= 11 is 0. The van der Waals surface area contributed by atoms with Gasteiger partial charge in [-0.1, -0.05) is 30.3 Å². The zero-order valence-electron chi connectivity index (χ0n) is 14.4. The number of aromatic nitrogens is 3. The summed E-state index contributed by atoms with van der Waals surface area (Å²) in [4.78, 5) is 19.6. The number of fused-ring (bicyclic) bond motifs is 1. The molecule has 1 aromatic heterocycles. The lowest BCUT2D eigenvalue weighted by Gasteiger charge is -2.36. The number of benzene rings is 1. The summed E-state index contributed by atoms with van der Waals surface area (Å²) in [6, 6.07) is 9.98. The fourth-order valence-electron chi connectivity index (χ4n) is 3.68. The van der Waals surface area contributed by atoms with Gasteiger partial charge in [0.1, 0.15) is 5.82 Å². The molecule has 25 heavy (non-hydrogen) atoms. The fraction of sp³-hybridized carbons (Fsp3) is 0.500. The van der Waals surface area contributed by atoms with Crippen LogP contribution in [0.2, 0.25) is 0 Å². The van der Waals surface area contributed by atoms with Gasteiger partial charge in [-0.2, -0.15) is 5.10 Å². The first-order valence-electron chi connectivity index (χ1n) is 8.75. The van der Waals surface area contributed by atoms with Crippen LogP contribution in [0.4, 0.5) is 0 Å². The van der Waals surface area contributed by atoms with E-state index in [0.29, 0.717) is 6.54 Å². The minimum Gasteiger partial charge on any atom is -0.331 e. The lowest BCUT2D eigenvalue weighted by atomic mass is 9.95. The first kappa shape index (κ1) is 17.9. The van der Waals surface area contributed by atoms with Gasteiger partial charge in [0.25, 0.3) is 0 Å². The van der Waals surface area contributed by atoms with Crippen LogP contribution < -0.4 is 5.32 Å². The van der Waals surface area contributed by atoms with Gasteiger partial charge in [0.15, 0.2) is 5.82 Å². The van der Waals surface area contributed by atoms with Gasteiger partial charge in [-0.25, -0.2) is 9.67 Å². The van der Waals surface area contributed by atoms with E-state index in [4.69, 9.17) is 4.98 Å². The average Bonchev–Trinajstić information content (AvgIpc) is 3.08. The van der Waals surface area contributed by atoms with Gasteiger partial charge in [0.2, 0.25) is 5.91 Å². The lowest BCUT2D eigenvalue weighted by molar-refractivity contribution is -0.139. The van der Waals surface area contributed by atoms with Crippen molar-refractivity contribution in [2.75, 3.05) is 19.6 Å². The third-order valence-corrected chi connectivity index (χ3v) is 5.10. The molecule has 4 rings (SSSR count). The Bertz CT molecular complexity index is 726. The van der Waals surface area contributed by atoms with E-state index in [1.165, 1.54) is 0 Å². The van der Waals surface area contributed by atoms with E-state index in [1.807, 2.05) is 39.9 Å².